The summed E-state index contributed by atoms with van der Waals surface area (Å²) < 4.78 is 22.0. The molecule has 19 heavy (non-hydrogen) atoms. The van der Waals surface area contributed by atoms with E-state index in [-0.39, 0.29) is 6.54 Å². The number of imide groups is 2. The fourth-order valence-corrected chi connectivity index (χ4v) is 2.30. The lowest BCUT2D eigenvalue weighted by atomic mass is 10.0. The fourth-order valence-electron chi connectivity index (χ4n) is 1.94. The standard InChI is InChI=1S/C11H16N2O5S/c1-10(2,19(3,17)18)6-13-8(15)11(4-5-11)7(14)12-9(13)16/h4-6H2,1-3H3,(H,12,14,16). The first kappa shape index (κ1) is 14.0. The van der Waals surface area contributed by atoms with E-state index in [1.165, 1.54) is 13.8 Å². The van der Waals surface area contributed by atoms with E-state index in [4.69, 9.17) is 0 Å². The van der Waals surface area contributed by atoms with Crippen molar-refractivity contribution in [1.29, 1.82) is 0 Å². The number of barbiturate groups is 1. The Kier molecular flexibility index (Phi) is 2.78. The van der Waals surface area contributed by atoms with Gasteiger partial charge in [0.05, 0.1) is 4.75 Å². The minimum atomic E-state index is -3.44. The van der Waals surface area contributed by atoms with E-state index in [1.54, 1.807) is 0 Å². The Labute approximate surface area is 111 Å². The molecule has 8 heteroatoms. The molecule has 1 saturated heterocycles. The highest BCUT2D eigenvalue weighted by Gasteiger charge is 2.62. The first-order valence-electron chi connectivity index (χ1n) is 5.88. The van der Waals surface area contributed by atoms with Crippen LogP contribution in [0.25, 0.3) is 0 Å². The summed E-state index contributed by atoms with van der Waals surface area (Å²) in [5, 5.41) is 2.12. The number of amides is 4. The summed E-state index contributed by atoms with van der Waals surface area (Å²) >= 11 is 0. The molecule has 1 spiro atoms. The van der Waals surface area contributed by atoms with Gasteiger partial charge in [-0.05, 0) is 26.7 Å². The summed E-state index contributed by atoms with van der Waals surface area (Å²) in [5.41, 5.74) is -1.14. The number of carbonyl (C=O) groups excluding carboxylic acids is 3. The number of sulfone groups is 1. The predicted octanol–water partition coefficient (Wildman–Crippen LogP) is -0.332. The van der Waals surface area contributed by atoms with Crippen LogP contribution in [0.4, 0.5) is 4.79 Å². The van der Waals surface area contributed by atoms with Crippen molar-refractivity contribution in [3.05, 3.63) is 0 Å². The molecule has 0 aromatic rings. The molecule has 0 atom stereocenters. The highest BCUT2D eigenvalue weighted by atomic mass is 32.2. The lowest BCUT2D eigenvalue weighted by Crippen LogP contribution is -2.62. The Balaban J connectivity index is 2.28. The van der Waals surface area contributed by atoms with Gasteiger partial charge in [-0.1, -0.05) is 0 Å². The lowest BCUT2D eigenvalue weighted by molar-refractivity contribution is -0.144. The van der Waals surface area contributed by atoms with Crippen molar-refractivity contribution in [2.24, 2.45) is 5.41 Å². The molecular weight excluding hydrogens is 272 g/mol. The third-order valence-corrected chi connectivity index (χ3v) is 5.98. The Morgan fingerprint density at radius 2 is 1.79 bits per heavy atom. The van der Waals surface area contributed by atoms with Crippen LogP contribution in [0.3, 0.4) is 0 Å². The van der Waals surface area contributed by atoms with Gasteiger partial charge in [0.2, 0.25) is 11.8 Å². The summed E-state index contributed by atoms with van der Waals surface area (Å²) in [6, 6.07) is -0.843. The van der Waals surface area contributed by atoms with Gasteiger partial charge in [-0.2, -0.15) is 0 Å². The average molecular weight is 288 g/mol. The monoisotopic (exact) mass is 288 g/mol. The second-order valence-corrected chi connectivity index (χ2v) is 8.41. The summed E-state index contributed by atoms with van der Waals surface area (Å²) in [4.78, 5) is 36.4. The number of hydrogen-bond donors (Lipinski definition) is 1. The maximum Gasteiger partial charge on any atom is 0.330 e. The largest absolute Gasteiger partial charge is 0.330 e. The van der Waals surface area contributed by atoms with E-state index in [9.17, 15) is 22.8 Å². The third-order valence-electron chi connectivity index (χ3n) is 3.85. The highest BCUT2D eigenvalue weighted by Crippen LogP contribution is 2.49. The van der Waals surface area contributed by atoms with Crippen molar-refractivity contribution in [2.75, 3.05) is 12.8 Å². The van der Waals surface area contributed by atoms with Crippen LogP contribution in [0.15, 0.2) is 0 Å². The highest BCUT2D eigenvalue weighted by molar-refractivity contribution is 7.92. The molecule has 0 aromatic heterocycles. The molecule has 1 aliphatic heterocycles. The Morgan fingerprint density at radius 1 is 1.26 bits per heavy atom. The van der Waals surface area contributed by atoms with Crippen LogP contribution in [0.2, 0.25) is 0 Å². The molecule has 2 fully saturated rings. The molecule has 1 heterocycles. The van der Waals surface area contributed by atoms with Crippen molar-refractivity contribution < 1.29 is 22.8 Å². The van der Waals surface area contributed by atoms with E-state index in [0.29, 0.717) is 12.8 Å². The zero-order valence-corrected chi connectivity index (χ0v) is 11.8. The van der Waals surface area contributed by atoms with Crippen molar-refractivity contribution in [1.82, 2.24) is 10.2 Å². The zero-order chi connectivity index (χ0) is 14.6. The van der Waals surface area contributed by atoms with Crippen LogP contribution in [-0.4, -0.2) is 48.7 Å². The number of rotatable bonds is 3. The van der Waals surface area contributed by atoms with E-state index < -0.39 is 37.8 Å². The van der Waals surface area contributed by atoms with Gasteiger partial charge in [-0.15, -0.1) is 0 Å². The van der Waals surface area contributed by atoms with Crippen LogP contribution in [0.1, 0.15) is 26.7 Å². The molecule has 1 aliphatic carbocycles. The maximum absolute atomic E-state index is 12.2. The fraction of sp³-hybridized carbons (Fsp3) is 0.727. The van der Waals surface area contributed by atoms with Crippen molar-refractivity contribution in [3.63, 3.8) is 0 Å². The third kappa shape index (κ3) is 2.03. The number of urea groups is 1. The number of hydrogen-bond acceptors (Lipinski definition) is 5. The van der Waals surface area contributed by atoms with E-state index in [0.717, 1.165) is 11.2 Å². The quantitative estimate of drug-likeness (QED) is 0.717. The Morgan fingerprint density at radius 3 is 2.21 bits per heavy atom. The summed E-state index contributed by atoms with van der Waals surface area (Å²) in [7, 11) is -3.44. The smallest absolute Gasteiger partial charge is 0.277 e. The molecule has 0 aromatic carbocycles. The summed E-state index contributed by atoms with van der Waals surface area (Å²) in [6.07, 6.45) is 1.86. The molecule has 0 radical (unpaired) electrons. The second-order valence-electron chi connectivity index (χ2n) is 5.76. The molecule has 1 N–H and O–H groups in total. The molecule has 1 saturated carbocycles. The van der Waals surface area contributed by atoms with Gasteiger partial charge in [-0.3, -0.25) is 19.8 Å². The number of nitrogens with one attached hydrogen (secondary N) is 1. The second kappa shape index (κ2) is 3.78. The van der Waals surface area contributed by atoms with E-state index in [2.05, 4.69) is 5.32 Å². The van der Waals surface area contributed by atoms with Crippen LogP contribution in [0, 0.1) is 5.41 Å². The predicted molar refractivity (Wildman–Crippen MR) is 65.8 cm³/mol. The van der Waals surface area contributed by atoms with Crippen molar-refractivity contribution in [3.8, 4) is 0 Å². The minimum absolute atomic E-state index is 0.258. The van der Waals surface area contributed by atoms with Crippen molar-refractivity contribution >= 4 is 27.7 Å². The molecule has 7 nitrogen and oxygen atoms in total. The average Bonchev–Trinajstić information content (AvgIpc) is 3.02. The van der Waals surface area contributed by atoms with E-state index in [1.807, 2.05) is 0 Å². The van der Waals surface area contributed by atoms with E-state index >= 15 is 0 Å². The maximum atomic E-state index is 12.2. The van der Waals surface area contributed by atoms with Crippen LogP contribution in [0.5, 0.6) is 0 Å². The molecule has 0 bridgehead atoms. The van der Waals surface area contributed by atoms with Crippen LogP contribution >= 0.6 is 0 Å². The number of carbonyl (C=O) groups is 3. The topological polar surface area (TPSA) is 101 Å². The van der Waals surface area contributed by atoms with Gasteiger partial charge in [-0.25, -0.2) is 13.2 Å². The first-order chi connectivity index (χ1) is 8.51. The van der Waals surface area contributed by atoms with Gasteiger partial charge in [0.1, 0.15) is 5.41 Å². The lowest BCUT2D eigenvalue weighted by Gasteiger charge is -2.35. The summed E-state index contributed by atoms with van der Waals surface area (Å²) in [5.74, 6) is -1.16. The molecule has 2 aliphatic rings. The molecule has 106 valence electrons. The van der Waals surface area contributed by atoms with Gasteiger partial charge in [0.25, 0.3) is 0 Å². The van der Waals surface area contributed by atoms with Crippen LogP contribution < -0.4 is 5.32 Å². The first-order valence-corrected chi connectivity index (χ1v) is 7.77. The normalized spacial score (nSPS) is 22.7. The molecule has 0 unspecified atom stereocenters. The Bertz CT molecular complexity index is 574. The van der Waals surface area contributed by atoms with Gasteiger partial charge in [0.15, 0.2) is 9.84 Å². The van der Waals surface area contributed by atoms with Gasteiger partial charge in [0, 0.05) is 12.8 Å². The molecule has 2 rings (SSSR count). The zero-order valence-electron chi connectivity index (χ0n) is 11.0. The Hall–Kier alpha value is -1.44. The minimum Gasteiger partial charge on any atom is -0.277 e. The molecular formula is C11H16N2O5S. The summed E-state index contributed by atoms with van der Waals surface area (Å²) in [6.45, 7) is 2.63. The van der Waals surface area contributed by atoms with Gasteiger partial charge >= 0.3 is 6.03 Å². The number of nitrogens with zero attached hydrogens (tertiary/aromatic N) is 1. The SMILES string of the molecule is CC(C)(CN1C(=O)NC(=O)C2(CC2)C1=O)S(C)(=O)=O. The molecule has 4 amide bonds. The van der Waals surface area contributed by atoms with Crippen LogP contribution in [-0.2, 0) is 19.4 Å². The van der Waals surface area contributed by atoms with Crippen molar-refractivity contribution in [2.45, 2.75) is 31.4 Å². The van der Waals surface area contributed by atoms with Gasteiger partial charge < -0.3 is 0 Å².